The average molecular weight is 207 g/mol. The summed E-state index contributed by atoms with van der Waals surface area (Å²) in [5.41, 5.74) is 1.23. The van der Waals surface area contributed by atoms with Crippen LogP contribution in [0.25, 0.3) is 0 Å². The number of carbonyl (C=O) groups is 1. The van der Waals surface area contributed by atoms with E-state index in [0.717, 1.165) is 6.42 Å². The summed E-state index contributed by atoms with van der Waals surface area (Å²) in [5.74, 6) is -0.132. The lowest BCUT2D eigenvalue weighted by molar-refractivity contribution is -0.307. The predicted molar refractivity (Wildman–Crippen MR) is 55.7 cm³/mol. The second-order valence-corrected chi connectivity index (χ2v) is 3.54. The Kier molecular flexibility index (Phi) is 4.16. The highest BCUT2D eigenvalue weighted by Crippen LogP contribution is 2.21. The van der Waals surface area contributed by atoms with Crippen LogP contribution >= 0.6 is 0 Å². The number of rotatable bonds is 5. The van der Waals surface area contributed by atoms with Crippen molar-refractivity contribution >= 4 is 5.97 Å². The van der Waals surface area contributed by atoms with Gasteiger partial charge in [-0.1, -0.05) is 26.0 Å². The lowest BCUT2D eigenvalue weighted by Gasteiger charge is -2.10. The van der Waals surface area contributed by atoms with E-state index in [1.165, 1.54) is 5.56 Å². The standard InChI is InChI=1S/C12H16O3/c1-3-9(2)10-4-6-11(7-5-10)15-8-12(13)14/h4-7,9H,3,8H2,1-2H3,(H,13,14)/p-1/t9-/m0/s1. The van der Waals surface area contributed by atoms with Crippen LogP contribution in [0.3, 0.4) is 0 Å². The fourth-order valence-corrected chi connectivity index (χ4v) is 1.27. The van der Waals surface area contributed by atoms with Gasteiger partial charge in [-0.2, -0.15) is 0 Å². The van der Waals surface area contributed by atoms with E-state index in [0.29, 0.717) is 11.7 Å². The molecule has 1 rings (SSSR count). The molecular formula is C12H15O3-. The number of aliphatic carboxylic acids is 1. The normalized spacial score (nSPS) is 12.1. The number of carboxylic acid groups (broad SMARTS) is 1. The fraction of sp³-hybridized carbons (Fsp3) is 0.417. The molecule has 0 fully saturated rings. The molecule has 0 bridgehead atoms. The summed E-state index contributed by atoms with van der Waals surface area (Å²) in [7, 11) is 0. The van der Waals surface area contributed by atoms with E-state index in [4.69, 9.17) is 4.74 Å². The summed E-state index contributed by atoms with van der Waals surface area (Å²) in [5, 5.41) is 10.2. The minimum absolute atomic E-state index is 0.400. The molecule has 0 spiro atoms. The molecule has 1 aromatic carbocycles. The maximum atomic E-state index is 10.2. The number of hydrogen-bond acceptors (Lipinski definition) is 3. The van der Waals surface area contributed by atoms with Gasteiger partial charge in [-0.15, -0.1) is 0 Å². The third kappa shape index (κ3) is 3.62. The van der Waals surface area contributed by atoms with Gasteiger partial charge < -0.3 is 14.6 Å². The summed E-state index contributed by atoms with van der Waals surface area (Å²) < 4.78 is 4.97. The first-order chi connectivity index (χ1) is 7.13. The van der Waals surface area contributed by atoms with Crippen molar-refractivity contribution in [3.05, 3.63) is 29.8 Å². The molecule has 0 N–H and O–H groups in total. The summed E-state index contributed by atoms with van der Waals surface area (Å²) in [6.07, 6.45) is 1.08. The molecule has 82 valence electrons. The second kappa shape index (κ2) is 5.39. The van der Waals surface area contributed by atoms with E-state index in [9.17, 15) is 9.90 Å². The third-order valence-corrected chi connectivity index (χ3v) is 2.42. The van der Waals surface area contributed by atoms with Crippen molar-refractivity contribution in [2.45, 2.75) is 26.2 Å². The highest BCUT2D eigenvalue weighted by Gasteiger charge is 2.02. The molecule has 0 aromatic heterocycles. The van der Waals surface area contributed by atoms with Gasteiger partial charge in [0.15, 0.2) is 0 Å². The quantitative estimate of drug-likeness (QED) is 0.731. The van der Waals surface area contributed by atoms with Crippen molar-refractivity contribution in [1.29, 1.82) is 0 Å². The minimum Gasteiger partial charge on any atom is -0.546 e. The van der Waals surface area contributed by atoms with Crippen LogP contribution in [0.2, 0.25) is 0 Å². The highest BCUT2D eigenvalue weighted by atomic mass is 16.5. The van der Waals surface area contributed by atoms with Gasteiger partial charge in [0.1, 0.15) is 12.4 Å². The van der Waals surface area contributed by atoms with E-state index in [-0.39, 0.29) is 0 Å². The van der Waals surface area contributed by atoms with Crippen LogP contribution in [-0.4, -0.2) is 12.6 Å². The van der Waals surface area contributed by atoms with Crippen molar-refractivity contribution in [3.63, 3.8) is 0 Å². The van der Waals surface area contributed by atoms with Gasteiger partial charge in [0.2, 0.25) is 0 Å². The molecule has 3 nitrogen and oxygen atoms in total. The zero-order chi connectivity index (χ0) is 11.3. The second-order valence-electron chi connectivity index (χ2n) is 3.54. The predicted octanol–water partition coefficient (Wildman–Crippen LogP) is 1.33. The zero-order valence-corrected chi connectivity index (χ0v) is 9.03. The van der Waals surface area contributed by atoms with E-state index in [1.54, 1.807) is 12.1 Å². The highest BCUT2D eigenvalue weighted by molar-refractivity contribution is 5.66. The van der Waals surface area contributed by atoms with E-state index in [2.05, 4.69) is 13.8 Å². The number of ether oxygens (including phenoxy) is 1. The van der Waals surface area contributed by atoms with Crippen LogP contribution in [-0.2, 0) is 4.79 Å². The van der Waals surface area contributed by atoms with Gasteiger partial charge in [0, 0.05) is 0 Å². The summed E-state index contributed by atoms with van der Waals surface area (Å²) in [6.45, 7) is 3.88. The molecule has 0 unspecified atom stereocenters. The molecule has 0 heterocycles. The summed E-state index contributed by atoms with van der Waals surface area (Å²) in [6, 6.07) is 7.48. The molecule has 0 amide bonds. The van der Waals surface area contributed by atoms with Crippen molar-refractivity contribution in [3.8, 4) is 5.75 Å². The van der Waals surface area contributed by atoms with E-state index >= 15 is 0 Å². The number of carboxylic acids is 1. The van der Waals surface area contributed by atoms with Crippen LogP contribution in [0.15, 0.2) is 24.3 Å². The van der Waals surface area contributed by atoms with Crippen molar-refractivity contribution in [2.75, 3.05) is 6.61 Å². The fourth-order valence-electron chi connectivity index (χ4n) is 1.27. The van der Waals surface area contributed by atoms with Gasteiger partial charge in [-0.25, -0.2) is 0 Å². The van der Waals surface area contributed by atoms with Crippen LogP contribution in [0.5, 0.6) is 5.75 Å². The van der Waals surface area contributed by atoms with Crippen molar-refractivity contribution in [1.82, 2.24) is 0 Å². The minimum atomic E-state index is -1.21. The Bertz CT molecular complexity index is 316. The van der Waals surface area contributed by atoms with Crippen molar-refractivity contribution in [2.24, 2.45) is 0 Å². The SMILES string of the molecule is CC[C@H](C)c1ccc(OCC(=O)[O-])cc1. The first kappa shape index (κ1) is 11.6. The lowest BCUT2D eigenvalue weighted by Crippen LogP contribution is -2.28. The smallest absolute Gasteiger partial charge is 0.128 e. The summed E-state index contributed by atoms with van der Waals surface area (Å²) in [4.78, 5) is 10.2. The molecule has 0 aliphatic rings. The van der Waals surface area contributed by atoms with E-state index < -0.39 is 12.6 Å². The van der Waals surface area contributed by atoms with Gasteiger partial charge in [-0.05, 0) is 30.0 Å². The summed E-state index contributed by atoms with van der Waals surface area (Å²) >= 11 is 0. The Morgan fingerprint density at radius 1 is 1.40 bits per heavy atom. The van der Waals surface area contributed by atoms with Gasteiger partial charge in [0.05, 0.1) is 5.97 Å². The number of hydrogen-bond donors (Lipinski definition) is 0. The molecule has 0 aliphatic heterocycles. The Morgan fingerprint density at radius 2 is 2.00 bits per heavy atom. The molecule has 0 aliphatic carbocycles. The zero-order valence-electron chi connectivity index (χ0n) is 9.03. The molecule has 1 atom stereocenters. The molecule has 0 saturated heterocycles. The third-order valence-electron chi connectivity index (χ3n) is 2.42. The topological polar surface area (TPSA) is 49.4 Å². The molecule has 1 aromatic rings. The Labute approximate surface area is 89.7 Å². The van der Waals surface area contributed by atoms with Crippen LogP contribution in [0.4, 0.5) is 0 Å². The van der Waals surface area contributed by atoms with Gasteiger partial charge in [0.25, 0.3) is 0 Å². The largest absolute Gasteiger partial charge is 0.546 e. The van der Waals surface area contributed by atoms with Gasteiger partial charge in [-0.3, -0.25) is 0 Å². The first-order valence-corrected chi connectivity index (χ1v) is 5.06. The van der Waals surface area contributed by atoms with Crippen molar-refractivity contribution < 1.29 is 14.6 Å². The molecule has 0 saturated carbocycles. The maximum absolute atomic E-state index is 10.2. The lowest BCUT2D eigenvalue weighted by atomic mass is 9.99. The maximum Gasteiger partial charge on any atom is 0.128 e. The number of carbonyl (C=O) groups excluding carboxylic acids is 1. The first-order valence-electron chi connectivity index (χ1n) is 5.06. The van der Waals surface area contributed by atoms with Crippen LogP contribution in [0.1, 0.15) is 31.7 Å². The van der Waals surface area contributed by atoms with Crippen LogP contribution in [0, 0.1) is 0 Å². The van der Waals surface area contributed by atoms with Crippen LogP contribution < -0.4 is 9.84 Å². The van der Waals surface area contributed by atoms with E-state index in [1.807, 2.05) is 12.1 Å². The molecule has 0 radical (unpaired) electrons. The Hall–Kier alpha value is -1.51. The number of benzene rings is 1. The molecule has 3 heteroatoms. The Morgan fingerprint density at radius 3 is 2.47 bits per heavy atom. The molecular weight excluding hydrogens is 192 g/mol. The monoisotopic (exact) mass is 207 g/mol. The Balaban J connectivity index is 2.60. The average Bonchev–Trinajstić information content (AvgIpc) is 2.26. The molecule has 15 heavy (non-hydrogen) atoms. The van der Waals surface area contributed by atoms with Gasteiger partial charge >= 0.3 is 0 Å².